The molecule has 0 saturated carbocycles. The number of aromatic nitrogens is 2. The van der Waals surface area contributed by atoms with Crippen molar-refractivity contribution in [2.24, 2.45) is 0 Å². The van der Waals surface area contributed by atoms with Crippen LogP contribution < -0.4 is 5.56 Å². The Bertz CT molecular complexity index is 841. The van der Waals surface area contributed by atoms with Crippen molar-refractivity contribution in [1.82, 2.24) is 9.97 Å². The Morgan fingerprint density at radius 2 is 1.81 bits per heavy atom. The van der Waals surface area contributed by atoms with E-state index in [1.54, 1.807) is 12.3 Å². The molecule has 0 radical (unpaired) electrons. The molecule has 2 aromatic heterocycles. The first-order chi connectivity index (χ1) is 10.1. The SMILES string of the molecule is C=C(C)c1cc(-c2cc[nH]c(=O)c2)c(-c2ccccc2)[nH]1. The molecule has 0 aliphatic carbocycles. The van der Waals surface area contributed by atoms with Crippen molar-refractivity contribution < 1.29 is 0 Å². The summed E-state index contributed by atoms with van der Waals surface area (Å²) >= 11 is 0. The van der Waals surface area contributed by atoms with Crippen LogP contribution in [0, 0.1) is 0 Å². The average molecular weight is 276 g/mol. The highest BCUT2D eigenvalue weighted by molar-refractivity contribution is 5.84. The molecule has 0 bridgehead atoms. The van der Waals surface area contributed by atoms with E-state index >= 15 is 0 Å². The van der Waals surface area contributed by atoms with E-state index in [1.807, 2.05) is 49.4 Å². The summed E-state index contributed by atoms with van der Waals surface area (Å²) in [5.74, 6) is 0. The molecule has 2 N–H and O–H groups in total. The smallest absolute Gasteiger partial charge is 0.248 e. The van der Waals surface area contributed by atoms with Gasteiger partial charge in [0.05, 0.1) is 5.69 Å². The first-order valence-corrected chi connectivity index (χ1v) is 6.78. The lowest BCUT2D eigenvalue weighted by atomic mass is 10.0. The molecule has 3 rings (SSSR count). The highest BCUT2D eigenvalue weighted by atomic mass is 16.1. The first kappa shape index (κ1) is 13.2. The van der Waals surface area contributed by atoms with Crippen molar-refractivity contribution in [1.29, 1.82) is 0 Å². The second-order valence-corrected chi connectivity index (χ2v) is 5.06. The number of aromatic amines is 2. The summed E-state index contributed by atoms with van der Waals surface area (Å²) in [6, 6.07) is 15.6. The quantitative estimate of drug-likeness (QED) is 0.744. The second kappa shape index (κ2) is 5.29. The van der Waals surface area contributed by atoms with Gasteiger partial charge in [0, 0.05) is 23.5 Å². The van der Waals surface area contributed by atoms with Gasteiger partial charge in [0.1, 0.15) is 0 Å². The summed E-state index contributed by atoms with van der Waals surface area (Å²) in [6.45, 7) is 5.95. The zero-order valence-electron chi connectivity index (χ0n) is 11.8. The van der Waals surface area contributed by atoms with Gasteiger partial charge in [-0.15, -0.1) is 0 Å². The molecule has 0 amide bonds. The fourth-order valence-corrected chi connectivity index (χ4v) is 2.36. The van der Waals surface area contributed by atoms with Gasteiger partial charge >= 0.3 is 0 Å². The van der Waals surface area contributed by atoms with Gasteiger partial charge in [-0.3, -0.25) is 4.79 Å². The van der Waals surface area contributed by atoms with Crippen molar-refractivity contribution >= 4 is 5.57 Å². The Labute approximate surface area is 123 Å². The van der Waals surface area contributed by atoms with Crippen molar-refractivity contribution in [3.63, 3.8) is 0 Å². The molecule has 3 heteroatoms. The van der Waals surface area contributed by atoms with Crippen LogP contribution in [-0.2, 0) is 0 Å². The average Bonchev–Trinajstić information content (AvgIpc) is 2.93. The number of nitrogens with one attached hydrogen (secondary N) is 2. The van der Waals surface area contributed by atoms with Crippen LogP contribution in [0.25, 0.3) is 28.0 Å². The highest BCUT2D eigenvalue weighted by Crippen LogP contribution is 2.33. The molecular weight excluding hydrogens is 260 g/mol. The van der Waals surface area contributed by atoms with E-state index in [2.05, 4.69) is 16.5 Å². The zero-order valence-corrected chi connectivity index (χ0v) is 11.8. The summed E-state index contributed by atoms with van der Waals surface area (Å²) in [5, 5.41) is 0. The molecule has 0 aliphatic heterocycles. The van der Waals surface area contributed by atoms with Gasteiger partial charge in [0.2, 0.25) is 5.56 Å². The summed E-state index contributed by atoms with van der Waals surface area (Å²) < 4.78 is 0. The van der Waals surface area contributed by atoms with Crippen LogP contribution in [0.2, 0.25) is 0 Å². The van der Waals surface area contributed by atoms with E-state index in [4.69, 9.17) is 0 Å². The maximum Gasteiger partial charge on any atom is 0.248 e. The molecule has 0 atom stereocenters. The largest absolute Gasteiger partial charge is 0.354 e. The molecule has 3 nitrogen and oxygen atoms in total. The van der Waals surface area contributed by atoms with Crippen molar-refractivity contribution in [2.75, 3.05) is 0 Å². The number of hydrogen-bond donors (Lipinski definition) is 2. The van der Waals surface area contributed by atoms with Gasteiger partial charge in [0.15, 0.2) is 0 Å². The Morgan fingerprint density at radius 1 is 1.05 bits per heavy atom. The lowest BCUT2D eigenvalue weighted by molar-refractivity contribution is 1.24. The Balaban J connectivity index is 2.24. The third-order valence-electron chi connectivity index (χ3n) is 3.43. The van der Waals surface area contributed by atoms with Gasteiger partial charge < -0.3 is 9.97 Å². The molecule has 0 saturated heterocycles. The lowest BCUT2D eigenvalue weighted by Crippen LogP contribution is -2.02. The third-order valence-corrected chi connectivity index (χ3v) is 3.43. The summed E-state index contributed by atoms with van der Waals surface area (Å²) in [7, 11) is 0. The molecule has 21 heavy (non-hydrogen) atoms. The van der Waals surface area contributed by atoms with Crippen LogP contribution >= 0.6 is 0 Å². The number of pyridine rings is 1. The number of hydrogen-bond acceptors (Lipinski definition) is 1. The van der Waals surface area contributed by atoms with E-state index in [0.717, 1.165) is 33.7 Å². The maximum absolute atomic E-state index is 11.6. The Kier molecular flexibility index (Phi) is 3.32. The van der Waals surface area contributed by atoms with E-state index in [9.17, 15) is 4.79 Å². The predicted octanol–water partition coefficient (Wildman–Crippen LogP) is 4.07. The van der Waals surface area contributed by atoms with E-state index in [1.165, 1.54) is 0 Å². The van der Waals surface area contributed by atoms with Gasteiger partial charge in [0.25, 0.3) is 0 Å². The molecule has 2 heterocycles. The molecule has 0 aliphatic rings. The van der Waals surface area contributed by atoms with Crippen LogP contribution in [0.3, 0.4) is 0 Å². The van der Waals surface area contributed by atoms with Gasteiger partial charge in [-0.25, -0.2) is 0 Å². The van der Waals surface area contributed by atoms with Crippen LogP contribution in [0.5, 0.6) is 0 Å². The lowest BCUT2D eigenvalue weighted by Gasteiger charge is -2.04. The zero-order chi connectivity index (χ0) is 14.8. The van der Waals surface area contributed by atoms with E-state index < -0.39 is 0 Å². The Morgan fingerprint density at radius 3 is 2.48 bits per heavy atom. The van der Waals surface area contributed by atoms with Crippen LogP contribution in [-0.4, -0.2) is 9.97 Å². The minimum Gasteiger partial charge on any atom is -0.354 e. The standard InChI is InChI=1S/C18H16N2O/c1-12(2)16-11-15(14-8-9-19-17(21)10-14)18(20-16)13-6-4-3-5-7-13/h3-11,20H,1H2,2H3,(H,19,21). The topological polar surface area (TPSA) is 48.6 Å². The number of rotatable bonds is 3. The van der Waals surface area contributed by atoms with Crippen molar-refractivity contribution in [2.45, 2.75) is 6.92 Å². The van der Waals surface area contributed by atoms with Gasteiger partial charge in [-0.05, 0) is 35.8 Å². The minimum atomic E-state index is -0.107. The van der Waals surface area contributed by atoms with Crippen LogP contribution in [0.4, 0.5) is 0 Å². The fourth-order valence-electron chi connectivity index (χ4n) is 2.36. The normalized spacial score (nSPS) is 10.5. The molecule has 1 aromatic carbocycles. The van der Waals surface area contributed by atoms with Crippen molar-refractivity contribution in [3.8, 4) is 22.4 Å². The molecule has 0 spiro atoms. The monoisotopic (exact) mass is 276 g/mol. The number of benzene rings is 1. The number of H-pyrrole nitrogens is 2. The van der Waals surface area contributed by atoms with Crippen LogP contribution in [0.1, 0.15) is 12.6 Å². The van der Waals surface area contributed by atoms with E-state index in [0.29, 0.717) is 0 Å². The first-order valence-electron chi connectivity index (χ1n) is 6.78. The summed E-state index contributed by atoms with van der Waals surface area (Å²) in [6.07, 6.45) is 1.67. The highest BCUT2D eigenvalue weighted by Gasteiger charge is 2.12. The molecule has 104 valence electrons. The maximum atomic E-state index is 11.6. The minimum absolute atomic E-state index is 0.107. The van der Waals surface area contributed by atoms with Gasteiger partial charge in [-0.1, -0.05) is 36.9 Å². The van der Waals surface area contributed by atoms with Gasteiger partial charge in [-0.2, -0.15) is 0 Å². The number of allylic oxidation sites excluding steroid dienone is 1. The molecule has 3 aromatic rings. The molecule has 0 unspecified atom stereocenters. The molecule has 0 fully saturated rings. The third kappa shape index (κ3) is 2.58. The summed E-state index contributed by atoms with van der Waals surface area (Å²) in [5.41, 5.74) is 5.81. The summed E-state index contributed by atoms with van der Waals surface area (Å²) in [4.78, 5) is 17.6. The Hall–Kier alpha value is -2.81. The van der Waals surface area contributed by atoms with Crippen molar-refractivity contribution in [3.05, 3.63) is 77.4 Å². The molecular formula is C18H16N2O. The van der Waals surface area contributed by atoms with E-state index in [-0.39, 0.29) is 5.56 Å². The predicted molar refractivity (Wildman–Crippen MR) is 87.0 cm³/mol. The fraction of sp³-hybridized carbons (Fsp3) is 0.0556. The van der Waals surface area contributed by atoms with Crippen LogP contribution in [0.15, 0.2) is 66.1 Å². The second-order valence-electron chi connectivity index (χ2n) is 5.06.